The molecule has 2 rings (SSSR count). The summed E-state index contributed by atoms with van der Waals surface area (Å²) in [6.07, 6.45) is 0. The van der Waals surface area contributed by atoms with Gasteiger partial charge >= 0.3 is 0 Å². The minimum Gasteiger partial charge on any atom is -0.368 e. The van der Waals surface area contributed by atoms with Crippen LogP contribution in [0.4, 0.5) is 5.95 Å². The normalized spacial score (nSPS) is 10.6. The van der Waals surface area contributed by atoms with Crippen molar-refractivity contribution >= 4 is 16.9 Å². The van der Waals surface area contributed by atoms with Crippen molar-refractivity contribution in [1.82, 2.24) is 9.97 Å². The third-order valence-electron chi connectivity index (χ3n) is 2.06. The van der Waals surface area contributed by atoms with Gasteiger partial charge in [-0.1, -0.05) is 11.6 Å². The van der Waals surface area contributed by atoms with Gasteiger partial charge in [0.05, 0.1) is 11.2 Å². The molecule has 13 heavy (non-hydrogen) atoms. The monoisotopic (exact) mass is 173 g/mol. The van der Waals surface area contributed by atoms with Crippen molar-refractivity contribution < 1.29 is 0 Å². The molecule has 66 valence electrons. The number of hydrogen-bond donors (Lipinski definition) is 1. The average molecular weight is 173 g/mol. The van der Waals surface area contributed by atoms with E-state index in [1.54, 1.807) is 0 Å². The molecule has 0 aliphatic rings. The van der Waals surface area contributed by atoms with E-state index in [1.807, 2.05) is 19.1 Å². The number of hydrogen-bond acceptors (Lipinski definition) is 3. The van der Waals surface area contributed by atoms with E-state index in [4.69, 9.17) is 5.73 Å². The molecule has 3 nitrogen and oxygen atoms in total. The Bertz CT molecular complexity index is 463. The lowest BCUT2D eigenvalue weighted by atomic mass is 10.1. The molecule has 2 aromatic rings. The summed E-state index contributed by atoms with van der Waals surface area (Å²) in [6.45, 7) is 4.00. The molecule has 1 aromatic heterocycles. The van der Waals surface area contributed by atoms with E-state index in [9.17, 15) is 0 Å². The number of aromatic nitrogens is 2. The molecule has 0 radical (unpaired) electrons. The lowest BCUT2D eigenvalue weighted by Crippen LogP contribution is -1.97. The summed E-state index contributed by atoms with van der Waals surface area (Å²) in [5.74, 6) is 0.342. The summed E-state index contributed by atoms with van der Waals surface area (Å²) in [7, 11) is 0. The third kappa shape index (κ3) is 1.33. The van der Waals surface area contributed by atoms with Crippen LogP contribution in [-0.2, 0) is 0 Å². The fourth-order valence-electron chi connectivity index (χ4n) is 1.42. The molecule has 2 N–H and O–H groups in total. The first-order valence-electron chi connectivity index (χ1n) is 4.17. The summed E-state index contributed by atoms with van der Waals surface area (Å²) in [4.78, 5) is 8.25. The zero-order valence-electron chi connectivity index (χ0n) is 7.70. The molecule has 0 bridgehead atoms. The Morgan fingerprint density at radius 1 is 1.15 bits per heavy atom. The van der Waals surface area contributed by atoms with E-state index in [-0.39, 0.29) is 0 Å². The number of nitrogen functional groups attached to an aromatic ring is 1. The van der Waals surface area contributed by atoms with Crippen LogP contribution in [0.15, 0.2) is 18.2 Å². The number of nitrogens with two attached hydrogens (primary N) is 1. The summed E-state index contributed by atoms with van der Waals surface area (Å²) >= 11 is 0. The highest BCUT2D eigenvalue weighted by atomic mass is 15.0. The number of anilines is 1. The molecule has 0 fully saturated rings. The molecule has 0 spiro atoms. The van der Waals surface area contributed by atoms with Crippen molar-refractivity contribution in [2.75, 3.05) is 5.73 Å². The predicted octanol–water partition coefficient (Wildman–Crippen LogP) is 1.83. The van der Waals surface area contributed by atoms with E-state index >= 15 is 0 Å². The highest BCUT2D eigenvalue weighted by molar-refractivity contribution is 5.82. The van der Waals surface area contributed by atoms with Crippen molar-refractivity contribution in [2.45, 2.75) is 13.8 Å². The summed E-state index contributed by atoms with van der Waals surface area (Å²) < 4.78 is 0. The fourth-order valence-corrected chi connectivity index (χ4v) is 1.42. The number of benzene rings is 1. The first-order chi connectivity index (χ1) is 6.16. The average Bonchev–Trinajstić information content (AvgIpc) is 2.06. The Labute approximate surface area is 76.6 Å². The molecule has 0 aliphatic carbocycles. The fraction of sp³-hybridized carbons (Fsp3) is 0.200. The Kier molecular flexibility index (Phi) is 1.65. The number of fused-ring (bicyclic) bond motifs is 1. The van der Waals surface area contributed by atoms with Crippen LogP contribution in [0.3, 0.4) is 0 Å². The Hall–Kier alpha value is -1.64. The Morgan fingerprint density at radius 2 is 1.92 bits per heavy atom. The van der Waals surface area contributed by atoms with Gasteiger partial charge in [-0.25, -0.2) is 9.97 Å². The van der Waals surface area contributed by atoms with Crippen molar-refractivity contribution in [3.8, 4) is 0 Å². The topological polar surface area (TPSA) is 51.8 Å². The van der Waals surface area contributed by atoms with Gasteiger partial charge in [0.15, 0.2) is 0 Å². The lowest BCUT2D eigenvalue weighted by Gasteiger charge is -2.02. The molecule has 0 atom stereocenters. The van der Waals surface area contributed by atoms with Gasteiger partial charge in [-0.15, -0.1) is 0 Å². The second kappa shape index (κ2) is 2.69. The van der Waals surface area contributed by atoms with E-state index in [0.29, 0.717) is 5.95 Å². The van der Waals surface area contributed by atoms with Crippen molar-refractivity contribution in [3.63, 3.8) is 0 Å². The second-order valence-electron chi connectivity index (χ2n) is 3.19. The maximum absolute atomic E-state index is 5.54. The third-order valence-corrected chi connectivity index (χ3v) is 2.06. The van der Waals surface area contributed by atoms with E-state index < -0.39 is 0 Å². The summed E-state index contributed by atoms with van der Waals surface area (Å²) in [6, 6.07) is 6.06. The van der Waals surface area contributed by atoms with E-state index in [2.05, 4.69) is 23.0 Å². The predicted molar refractivity (Wildman–Crippen MR) is 53.4 cm³/mol. The minimum absolute atomic E-state index is 0.342. The van der Waals surface area contributed by atoms with Crippen LogP contribution in [-0.4, -0.2) is 9.97 Å². The Morgan fingerprint density at radius 3 is 2.69 bits per heavy atom. The van der Waals surface area contributed by atoms with Gasteiger partial charge in [-0.05, 0) is 26.0 Å². The zero-order valence-corrected chi connectivity index (χ0v) is 7.70. The van der Waals surface area contributed by atoms with Gasteiger partial charge in [0.1, 0.15) is 0 Å². The van der Waals surface area contributed by atoms with Gasteiger partial charge in [0.25, 0.3) is 0 Å². The molecule has 0 aliphatic heterocycles. The maximum atomic E-state index is 5.54. The molecule has 0 unspecified atom stereocenters. The van der Waals surface area contributed by atoms with Gasteiger partial charge in [0, 0.05) is 5.39 Å². The number of nitrogens with zero attached hydrogens (tertiary/aromatic N) is 2. The van der Waals surface area contributed by atoms with Crippen LogP contribution in [0.25, 0.3) is 10.9 Å². The quantitative estimate of drug-likeness (QED) is 0.661. The molecule has 1 aromatic carbocycles. The molecule has 0 amide bonds. The summed E-state index contributed by atoms with van der Waals surface area (Å²) in [5.41, 5.74) is 8.60. The first-order valence-corrected chi connectivity index (χ1v) is 4.17. The van der Waals surface area contributed by atoms with Gasteiger partial charge < -0.3 is 5.73 Å². The largest absolute Gasteiger partial charge is 0.368 e. The number of rotatable bonds is 0. The minimum atomic E-state index is 0.342. The Balaban J connectivity index is 2.87. The van der Waals surface area contributed by atoms with Gasteiger partial charge in [0.2, 0.25) is 5.95 Å². The zero-order chi connectivity index (χ0) is 9.42. The van der Waals surface area contributed by atoms with Crippen LogP contribution < -0.4 is 5.73 Å². The van der Waals surface area contributed by atoms with Crippen molar-refractivity contribution in [3.05, 3.63) is 29.5 Å². The smallest absolute Gasteiger partial charge is 0.220 e. The van der Waals surface area contributed by atoms with Crippen LogP contribution in [0.5, 0.6) is 0 Å². The molecule has 3 heteroatoms. The van der Waals surface area contributed by atoms with Crippen molar-refractivity contribution in [1.29, 1.82) is 0 Å². The highest BCUT2D eigenvalue weighted by Crippen LogP contribution is 2.17. The standard InChI is InChI=1S/C10H11N3/c1-6-3-4-9-8(5-6)7(2)12-10(11)13-9/h3-5H,1-2H3,(H2,11,12,13). The van der Waals surface area contributed by atoms with Gasteiger partial charge in [-0.3, -0.25) is 0 Å². The van der Waals surface area contributed by atoms with Crippen LogP contribution in [0, 0.1) is 13.8 Å². The molecule has 1 heterocycles. The van der Waals surface area contributed by atoms with Crippen LogP contribution >= 0.6 is 0 Å². The van der Waals surface area contributed by atoms with Crippen molar-refractivity contribution in [2.24, 2.45) is 0 Å². The maximum Gasteiger partial charge on any atom is 0.220 e. The van der Waals surface area contributed by atoms with Crippen LogP contribution in [0.1, 0.15) is 11.3 Å². The SMILES string of the molecule is Cc1ccc2nc(N)nc(C)c2c1. The van der Waals surface area contributed by atoms with Gasteiger partial charge in [-0.2, -0.15) is 0 Å². The second-order valence-corrected chi connectivity index (χ2v) is 3.19. The summed E-state index contributed by atoms with van der Waals surface area (Å²) in [5, 5.41) is 1.08. The first kappa shape index (κ1) is 7.98. The molecular weight excluding hydrogens is 162 g/mol. The molecular formula is C10H11N3. The lowest BCUT2D eigenvalue weighted by molar-refractivity contribution is 1.17. The van der Waals surface area contributed by atoms with E-state index in [0.717, 1.165) is 16.6 Å². The molecule has 0 saturated carbocycles. The molecule has 0 saturated heterocycles. The van der Waals surface area contributed by atoms with E-state index in [1.165, 1.54) is 5.56 Å². The highest BCUT2D eigenvalue weighted by Gasteiger charge is 2.01. The number of aryl methyl sites for hydroxylation is 2. The van der Waals surface area contributed by atoms with Crippen LogP contribution in [0.2, 0.25) is 0 Å².